The largest absolute Gasteiger partial charge is 0.381 e. The van der Waals surface area contributed by atoms with E-state index < -0.39 is 11.6 Å². The molecule has 1 aromatic carbocycles. The monoisotopic (exact) mass is 535 g/mol. The van der Waals surface area contributed by atoms with Crippen LogP contribution < -0.4 is 15.5 Å². The van der Waals surface area contributed by atoms with Crippen LogP contribution in [-0.2, 0) is 22.5 Å². The first-order valence-corrected chi connectivity index (χ1v) is 13.0. The number of carbonyl (C=O) groups excluding carboxylic acids is 2. The average molecular weight is 536 g/mol. The van der Waals surface area contributed by atoms with Crippen LogP contribution in [0.5, 0.6) is 0 Å². The van der Waals surface area contributed by atoms with E-state index in [0.717, 1.165) is 22.6 Å². The molecule has 4 heterocycles. The van der Waals surface area contributed by atoms with Gasteiger partial charge in [-0.25, -0.2) is 14.8 Å². The molecule has 0 aliphatic carbocycles. The number of morpholine rings is 1. The predicted octanol–water partition coefficient (Wildman–Crippen LogP) is 2.96. The second-order valence-electron chi connectivity index (χ2n) is 10.4. The Morgan fingerprint density at radius 1 is 1.13 bits per heavy atom. The Balaban J connectivity index is 1.42. The molecule has 2 aromatic heterocycles. The molecule has 5 rings (SSSR count). The molecule has 3 N–H and O–H groups in total. The average Bonchev–Trinajstić information content (AvgIpc) is 3.31. The van der Waals surface area contributed by atoms with Gasteiger partial charge in [0.2, 0.25) is 5.88 Å². The van der Waals surface area contributed by atoms with Crippen LogP contribution in [0.3, 0.4) is 0 Å². The molecule has 1 fully saturated rings. The van der Waals surface area contributed by atoms with Crippen molar-refractivity contribution in [2.24, 2.45) is 0 Å². The number of fused-ring (bicyclic) bond motifs is 1. The zero-order valence-corrected chi connectivity index (χ0v) is 22.5. The summed E-state index contributed by atoms with van der Waals surface area (Å²) in [6.45, 7) is 9.57. The Hall–Kier alpha value is -4.03. The molecule has 2 aliphatic heterocycles. The van der Waals surface area contributed by atoms with Gasteiger partial charge in [-0.05, 0) is 58.4 Å². The first-order chi connectivity index (χ1) is 18.6. The van der Waals surface area contributed by atoms with E-state index in [-0.39, 0.29) is 17.8 Å². The number of nitrogens with one attached hydrogen (secondary N) is 2. The van der Waals surface area contributed by atoms with Crippen molar-refractivity contribution in [3.8, 4) is 11.4 Å². The minimum atomic E-state index is -1.46. The molecule has 0 saturated carbocycles. The molecular formula is C27H33N7O5. The van der Waals surface area contributed by atoms with Crippen molar-refractivity contribution in [2.45, 2.75) is 52.3 Å². The zero-order chi connectivity index (χ0) is 27.7. The number of aryl methyl sites for hydroxylation is 1. The Morgan fingerprint density at radius 2 is 1.90 bits per heavy atom. The summed E-state index contributed by atoms with van der Waals surface area (Å²) in [4.78, 5) is 38.9. The molecule has 12 heteroatoms. The first-order valence-electron chi connectivity index (χ1n) is 13.0. The number of rotatable bonds is 5. The van der Waals surface area contributed by atoms with Crippen LogP contribution in [0.25, 0.3) is 11.4 Å². The van der Waals surface area contributed by atoms with Crippen molar-refractivity contribution in [2.75, 3.05) is 41.8 Å². The number of anilines is 3. The fraction of sp³-hybridized carbons (Fsp3) is 0.444. The van der Waals surface area contributed by atoms with Gasteiger partial charge in [-0.3, -0.25) is 10.1 Å². The normalized spacial score (nSPS) is 17.5. The summed E-state index contributed by atoms with van der Waals surface area (Å²) in [6, 6.07) is 8.52. The number of aromatic nitrogens is 3. The molecule has 206 valence electrons. The number of nitrogens with zero attached hydrogens (tertiary/aromatic N) is 5. The molecule has 1 atom stereocenters. The third kappa shape index (κ3) is 5.86. The van der Waals surface area contributed by atoms with E-state index in [9.17, 15) is 14.7 Å². The highest BCUT2D eigenvalue weighted by Gasteiger charge is 2.34. The molecule has 12 nitrogen and oxygen atoms in total. The molecule has 3 aromatic rings. The number of hydrogen-bond acceptors (Lipinski definition) is 9. The maximum absolute atomic E-state index is 12.8. The lowest BCUT2D eigenvalue weighted by Crippen LogP contribution is -2.48. The van der Waals surface area contributed by atoms with Gasteiger partial charge in [0.05, 0.1) is 37.2 Å². The lowest BCUT2D eigenvalue weighted by Gasteiger charge is -2.38. The molecule has 39 heavy (non-hydrogen) atoms. The summed E-state index contributed by atoms with van der Waals surface area (Å²) in [5.41, 5.74) is 2.33. The van der Waals surface area contributed by atoms with E-state index in [1.54, 1.807) is 30.0 Å². The second kappa shape index (κ2) is 10.6. The van der Waals surface area contributed by atoms with Crippen LogP contribution in [-0.4, -0.2) is 75.0 Å². The number of ether oxygens (including phenoxy) is 1. The third-order valence-electron chi connectivity index (χ3n) is 6.76. The van der Waals surface area contributed by atoms with Crippen molar-refractivity contribution < 1.29 is 24.0 Å². The molecule has 3 amide bonds. The van der Waals surface area contributed by atoms with E-state index in [0.29, 0.717) is 56.5 Å². The zero-order valence-electron chi connectivity index (χ0n) is 22.5. The van der Waals surface area contributed by atoms with Gasteiger partial charge >= 0.3 is 6.03 Å². The smallest absolute Gasteiger partial charge is 0.326 e. The Labute approximate surface area is 226 Å². The van der Waals surface area contributed by atoms with E-state index in [1.165, 1.54) is 13.8 Å². The quantitative estimate of drug-likeness (QED) is 0.449. The van der Waals surface area contributed by atoms with Gasteiger partial charge in [-0.15, -0.1) is 0 Å². The highest BCUT2D eigenvalue weighted by molar-refractivity contribution is 5.99. The Kier molecular flexibility index (Phi) is 7.23. The summed E-state index contributed by atoms with van der Waals surface area (Å²) >= 11 is 0. The van der Waals surface area contributed by atoms with Crippen LogP contribution in [0.4, 0.5) is 22.2 Å². The lowest BCUT2D eigenvalue weighted by molar-refractivity contribution is -0.148. The number of aliphatic hydroxyl groups is 1. The molecule has 1 saturated heterocycles. The SMILES string of the molecule is Cc1cc(NC(=O)Nc2ccc(-c3nc4c(c(N5CCOC[C@@H]5C)n3)CCN(C(=O)C(C)(C)O)C4)cc2)on1. The molecule has 0 spiro atoms. The number of carbonyl (C=O) groups is 2. The third-order valence-corrected chi connectivity index (χ3v) is 6.76. The van der Waals surface area contributed by atoms with Crippen LogP contribution in [0.15, 0.2) is 34.9 Å². The first kappa shape index (κ1) is 26.6. The molecular weight excluding hydrogens is 502 g/mol. The summed E-state index contributed by atoms with van der Waals surface area (Å²) in [6.07, 6.45) is 0.597. The van der Waals surface area contributed by atoms with E-state index in [2.05, 4.69) is 27.6 Å². The summed E-state index contributed by atoms with van der Waals surface area (Å²) < 4.78 is 10.7. The van der Waals surface area contributed by atoms with E-state index >= 15 is 0 Å². The van der Waals surface area contributed by atoms with Crippen molar-refractivity contribution in [1.29, 1.82) is 0 Å². The van der Waals surface area contributed by atoms with Gasteiger partial charge < -0.3 is 29.5 Å². The van der Waals surface area contributed by atoms with Gasteiger partial charge in [0, 0.05) is 36.0 Å². The minimum Gasteiger partial charge on any atom is -0.381 e. The van der Waals surface area contributed by atoms with Gasteiger partial charge in [0.15, 0.2) is 5.82 Å². The van der Waals surface area contributed by atoms with Crippen molar-refractivity contribution in [3.63, 3.8) is 0 Å². The highest BCUT2D eigenvalue weighted by Crippen LogP contribution is 2.32. The van der Waals surface area contributed by atoms with Gasteiger partial charge in [-0.1, -0.05) is 5.16 Å². The molecule has 0 unspecified atom stereocenters. The van der Waals surface area contributed by atoms with Crippen LogP contribution in [0.1, 0.15) is 37.7 Å². The van der Waals surface area contributed by atoms with Gasteiger partial charge in [-0.2, -0.15) is 0 Å². The van der Waals surface area contributed by atoms with Crippen molar-refractivity contribution in [3.05, 3.63) is 47.3 Å². The number of urea groups is 1. The number of amides is 3. The van der Waals surface area contributed by atoms with E-state index in [4.69, 9.17) is 19.2 Å². The summed E-state index contributed by atoms with van der Waals surface area (Å²) in [5, 5.41) is 19.4. The van der Waals surface area contributed by atoms with Crippen molar-refractivity contribution >= 4 is 29.3 Å². The van der Waals surface area contributed by atoms with Gasteiger partial charge in [0.1, 0.15) is 11.4 Å². The number of hydrogen-bond donors (Lipinski definition) is 3. The van der Waals surface area contributed by atoms with Crippen LogP contribution in [0.2, 0.25) is 0 Å². The Bertz CT molecular complexity index is 1370. The maximum atomic E-state index is 12.8. The standard InChI is InChI=1S/C27H33N7O5/c1-16-13-22(39-32-16)30-26(36)28-19-7-5-18(6-8-19)23-29-21-14-33(25(35)27(3,4)37)10-9-20(21)24(31-23)34-11-12-38-15-17(34)2/h5-8,13,17,37H,9-12,14-15H2,1-4H3,(H2,28,30,36)/t17-/m0/s1. The predicted molar refractivity (Wildman–Crippen MR) is 144 cm³/mol. The Morgan fingerprint density at radius 3 is 2.56 bits per heavy atom. The summed E-state index contributed by atoms with van der Waals surface area (Å²) in [5.74, 6) is 1.30. The molecule has 0 bridgehead atoms. The van der Waals surface area contributed by atoms with E-state index in [1.807, 2.05) is 12.1 Å². The molecule has 0 radical (unpaired) electrons. The molecule has 2 aliphatic rings. The van der Waals surface area contributed by atoms with Gasteiger partial charge in [0.25, 0.3) is 5.91 Å². The van der Waals surface area contributed by atoms with Crippen LogP contribution in [0, 0.1) is 6.92 Å². The highest BCUT2D eigenvalue weighted by atomic mass is 16.5. The van der Waals surface area contributed by atoms with Crippen LogP contribution >= 0.6 is 0 Å². The van der Waals surface area contributed by atoms with Crippen molar-refractivity contribution in [1.82, 2.24) is 20.0 Å². The summed E-state index contributed by atoms with van der Waals surface area (Å²) in [7, 11) is 0. The topological polar surface area (TPSA) is 146 Å². The fourth-order valence-corrected chi connectivity index (χ4v) is 4.78. The number of benzene rings is 1. The maximum Gasteiger partial charge on any atom is 0.326 e. The lowest BCUT2D eigenvalue weighted by atomic mass is 10.0. The minimum absolute atomic E-state index is 0.139. The fourth-order valence-electron chi connectivity index (χ4n) is 4.78. The second-order valence-corrected chi connectivity index (χ2v) is 10.4.